The number of aromatic nitrogens is 2. The van der Waals surface area contributed by atoms with Gasteiger partial charge in [-0.25, -0.2) is 23.1 Å². The van der Waals surface area contributed by atoms with Crippen molar-refractivity contribution >= 4 is 74.9 Å². The van der Waals surface area contributed by atoms with E-state index < -0.39 is 108 Å². The molecule has 3 aromatic carbocycles. The average molecular weight is 868 g/mol. The third kappa shape index (κ3) is 8.60. The largest absolute Gasteiger partial charge is 0.494 e. The molecule has 1 atom stereocenters. The van der Waals surface area contributed by atoms with Crippen LogP contribution in [0.1, 0.15) is 57.4 Å². The summed E-state index contributed by atoms with van der Waals surface area (Å²) in [5, 5.41) is 8.19. The van der Waals surface area contributed by atoms with Gasteiger partial charge in [-0.05, 0) is 68.6 Å². The van der Waals surface area contributed by atoms with Crippen LogP contribution in [0.15, 0.2) is 54.9 Å². The van der Waals surface area contributed by atoms with Gasteiger partial charge in [0, 0.05) is 74.2 Å². The maximum absolute atomic E-state index is 16.6. The highest BCUT2D eigenvalue weighted by Crippen LogP contribution is 2.37. The van der Waals surface area contributed by atoms with Gasteiger partial charge < -0.3 is 20.3 Å². The number of nitrogens with zero attached hydrogens (tertiary/aromatic N) is 6. The van der Waals surface area contributed by atoms with Gasteiger partial charge in [0.15, 0.2) is 5.82 Å². The standard InChI is InChI=1S/C42H41ClF3N9O6/c1-61-33-20-30-25(39(48-22-47-30)49-24-4-5-28(44)27(43)17-24)19-31(33)50-34(56)3-2-10-52-11-8-23(9-12-52)21-53-13-15-54(16-14-53)38-29(45)18-26-36(37(38)46)42(60)55(41(26)59)32-6-7-35(57)51-40(32)58/h2-5,17-20,22-23,32H,6-16,21H2,1H3,(H,50,56)(H,47,48,49)(H,51,57,58)/b3-2+/i13D2,14D2,15D2,16D2. The van der Waals surface area contributed by atoms with Gasteiger partial charge in [-0.15, -0.1) is 0 Å². The number of hydrogen-bond acceptors (Lipinski definition) is 12. The SMILES string of the molecule is [2H]C1([2H])N(CC2CCN(C/C=C/C(=O)Nc3cc4c(Nc5ccc(F)c(Cl)c5)ncnc4cc3OC)CC2)C([2H])([2H])C([2H])([2H])N(c2c(F)cc3c(c2F)C(=O)N(C2CCC(=O)NC2=O)C3=O)C1([2H])[2H]. The second kappa shape index (κ2) is 17.5. The number of nitrogens with one attached hydrogen (secondary N) is 3. The lowest BCUT2D eigenvalue weighted by Crippen LogP contribution is -2.54. The van der Waals surface area contributed by atoms with E-state index in [1.165, 1.54) is 37.7 Å². The molecule has 0 radical (unpaired) electrons. The van der Waals surface area contributed by atoms with Crippen molar-refractivity contribution < 1.29 is 52.8 Å². The van der Waals surface area contributed by atoms with E-state index in [2.05, 4.69) is 20.6 Å². The summed E-state index contributed by atoms with van der Waals surface area (Å²) in [5.74, 6) is -9.35. The molecule has 1 aromatic heterocycles. The molecule has 0 spiro atoms. The van der Waals surface area contributed by atoms with E-state index in [0.717, 1.165) is 0 Å². The molecule has 4 aliphatic heterocycles. The van der Waals surface area contributed by atoms with Gasteiger partial charge in [0.1, 0.15) is 41.3 Å². The Balaban J connectivity index is 0.929. The Hall–Kier alpha value is -6.11. The summed E-state index contributed by atoms with van der Waals surface area (Å²) in [6.45, 7) is -14.0. The van der Waals surface area contributed by atoms with E-state index in [0.29, 0.717) is 70.0 Å². The highest BCUT2D eigenvalue weighted by Gasteiger charge is 2.47. The van der Waals surface area contributed by atoms with Crippen LogP contribution < -0.4 is 25.6 Å². The molecule has 5 amide bonds. The van der Waals surface area contributed by atoms with Crippen molar-refractivity contribution in [1.29, 1.82) is 0 Å². The first-order valence-corrected chi connectivity index (χ1v) is 19.3. The number of anilines is 4. The fraction of sp³-hybridized carbons (Fsp3) is 0.357. The number of fused-ring (bicyclic) bond motifs is 2. The Morgan fingerprint density at radius 2 is 1.75 bits per heavy atom. The van der Waals surface area contributed by atoms with Crippen molar-refractivity contribution in [3.8, 4) is 5.75 Å². The summed E-state index contributed by atoms with van der Waals surface area (Å²) in [6.07, 6.45) is 4.19. The summed E-state index contributed by atoms with van der Waals surface area (Å²) in [6, 6.07) is 6.00. The number of piperidine rings is 2. The van der Waals surface area contributed by atoms with Gasteiger partial charge in [0.2, 0.25) is 17.7 Å². The van der Waals surface area contributed by atoms with Crippen molar-refractivity contribution in [2.75, 3.05) is 74.8 Å². The van der Waals surface area contributed by atoms with Crippen LogP contribution in [0.5, 0.6) is 5.75 Å². The molecular formula is C42H41ClF3N9O6. The molecule has 8 rings (SSSR count). The molecule has 318 valence electrons. The number of carbonyl (C=O) groups is 5. The lowest BCUT2D eigenvalue weighted by Gasteiger charge is -2.39. The number of imide groups is 2. The number of hydrogen-bond donors (Lipinski definition) is 3. The molecule has 5 heterocycles. The molecule has 0 aliphatic carbocycles. The molecule has 3 saturated heterocycles. The topological polar surface area (TPSA) is 169 Å². The van der Waals surface area contributed by atoms with Crippen LogP contribution >= 0.6 is 11.6 Å². The molecule has 0 saturated carbocycles. The second-order valence-electron chi connectivity index (χ2n) is 14.5. The van der Waals surface area contributed by atoms with E-state index in [4.69, 9.17) is 27.3 Å². The van der Waals surface area contributed by atoms with Gasteiger partial charge in [-0.1, -0.05) is 17.7 Å². The van der Waals surface area contributed by atoms with E-state index in [1.807, 2.05) is 10.2 Å². The van der Waals surface area contributed by atoms with Crippen LogP contribution in [0.25, 0.3) is 10.9 Å². The Kier molecular flexibility index (Phi) is 9.35. The molecule has 3 N–H and O–H groups in total. The van der Waals surface area contributed by atoms with E-state index in [9.17, 15) is 28.4 Å². The third-order valence-electron chi connectivity index (χ3n) is 10.6. The van der Waals surface area contributed by atoms with Crippen molar-refractivity contribution in [2.24, 2.45) is 5.92 Å². The molecule has 0 bridgehead atoms. The summed E-state index contributed by atoms with van der Waals surface area (Å²) < 4.78 is 123. The molecular weight excluding hydrogens is 819 g/mol. The molecule has 3 fully saturated rings. The normalized spacial score (nSPS) is 24.4. The minimum absolute atomic E-state index is 0.0970. The number of carbonyl (C=O) groups excluding carboxylic acids is 5. The zero-order valence-corrected chi connectivity index (χ0v) is 32.9. The second-order valence-corrected chi connectivity index (χ2v) is 14.9. The lowest BCUT2D eigenvalue weighted by atomic mass is 9.96. The number of ether oxygens (including phenoxy) is 1. The Bertz CT molecular complexity index is 2830. The van der Waals surface area contributed by atoms with Gasteiger partial charge >= 0.3 is 0 Å². The number of halogens is 4. The van der Waals surface area contributed by atoms with E-state index in [1.54, 1.807) is 18.2 Å². The molecule has 1 unspecified atom stereocenters. The van der Waals surface area contributed by atoms with E-state index in [-0.39, 0.29) is 35.0 Å². The Morgan fingerprint density at radius 1 is 0.984 bits per heavy atom. The van der Waals surface area contributed by atoms with Gasteiger partial charge in [-0.3, -0.25) is 44.0 Å². The van der Waals surface area contributed by atoms with E-state index >= 15 is 8.78 Å². The van der Waals surface area contributed by atoms with Crippen LogP contribution in [0.4, 0.5) is 36.1 Å². The monoisotopic (exact) mass is 867 g/mol. The maximum atomic E-state index is 16.6. The number of amides is 5. The maximum Gasteiger partial charge on any atom is 0.265 e. The summed E-state index contributed by atoms with van der Waals surface area (Å²) in [5.41, 5.74) is -2.50. The minimum atomic E-state index is -3.75. The van der Waals surface area contributed by atoms with Crippen LogP contribution in [-0.2, 0) is 14.4 Å². The van der Waals surface area contributed by atoms with Crippen LogP contribution in [0.2, 0.25) is 5.02 Å². The van der Waals surface area contributed by atoms with Gasteiger partial charge in [0.05, 0.1) is 39.9 Å². The quantitative estimate of drug-likeness (QED) is 0.138. The van der Waals surface area contributed by atoms with Crippen LogP contribution in [-0.4, -0.2) is 120 Å². The Labute approximate surface area is 364 Å². The highest BCUT2D eigenvalue weighted by atomic mass is 35.5. The predicted molar refractivity (Wildman–Crippen MR) is 219 cm³/mol. The average Bonchev–Trinajstić information content (AvgIpc) is 3.52. The number of methoxy groups -OCH3 is 1. The molecule has 4 aliphatic rings. The highest BCUT2D eigenvalue weighted by molar-refractivity contribution is 6.31. The predicted octanol–water partition coefficient (Wildman–Crippen LogP) is 4.88. The smallest absolute Gasteiger partial charge is 0.265 e. The zero-order chi connectivity index (χ0) is 50.1. The summed E-state index contributed by atoms with van der Waals surface area (Å²) in [4.78, 5) is 75.0. The van der Waals surface area contributed by atoms with Crippen LogP contribution in [0.3, 0.4) is 0 Å². The van der Waals surface area contributed by atoms with Gasteiger partial charge in [-0.2, -0.15) is 0 Å². The molecule has 15 nitrogen and oxygen atoms in total. The van der Waals surface area contributed by atoms with Crippen molar-refractivity contribution in [1.82, 2.24) is 30.0 Å². The van der Waals surface area contributed by atoms with Crippen molar-refractivity contribution in [2.45, 2.75) is 31.7 Å². The van der Waals surface area contributed by atoms with Crippen molar-refractivity contribution in [3.63, 3.8) is 0 Å². The molecule has 4 aromatic rings. The fourth-order valence-corrected chi connectivity index (χ4v) is 7.66. The lowest BCUT2D eigenvalue weighted by molar-refractivity contribution is -0.136. The summed E-state index contributed by atoms with van der Waals surface area (Å²) >= 11 is 5.94. The number of likely N-dealkylation sites (tertiary alicyclic amines) is 1. The van der Waals surface area contributed by atoms with Crippen LogP contribution in [0, 0.1) is 23.4 Å². The zero-order valence-electron chi connectivity index (χ0n) is 40.2. The van der Waals surface area contributed by atoms with Gasteiger partial charge in [0.25, 0.3) is 11.8 Å². The molecule has 19 heteroatoms. The molecule has 61 heavy (non-hydrogen) atoms. The first kappa shape index (κ1) is 32.6. The third-order valence-corrected chi connectivity index (χ3v) is 10.9. The summed E-state index contributed by atoms with van der Waals surface area (Å²) in [7, 11) is 1.42. The number of rotatable bonds is 11. The van der Waals surface area contributed by atoms with Crippen molar-refractivity contribution in [3.05, 3.63) is 88.5 Å². The fourth-order valence-electron chi connectivity index (χ4n) is 7.48. The minimum Gasteiger partial charge on any atom is -0.494 e. The first-order chi connectivity index (χ1) is 32.4. The number of benzene rings is 3. The number of piperazine rings is 1. The Morgan fingerprint density at radius 3 is 2.48 bits per heavy atom. The first-order valence-electron chi connectivity index (χ1n) is 23.0.